The number of para-hydroxylation sites is 3. The zero-order chi connectivity index (χ0) is 20.2. The number of rotatable bonds is 7. The van der Waals surface area contributed by atoms with Crippen LogP contribution in [0, 0.1) is 6.92 Å². The van der Waals surface area contributed by atoms with E-state index < -0.39 is 0 Å². The SMILES string of the molecule is CC(=O)N1CCC[C@@H]1c1nc2ccccc2n1CCCCOc1ccccc1C. The van der Waals surface area contributed by atoms with Gasteiger partial charge in [-0.2, -0.15) is 0 Å². The molecule has 1 aliphatic rings. The summed E-state index contributed by atoms with van der Waals surface area (Å²) >= 11 is 0. The number of carbonyl (C=O) groups excluding carboxylic acids is 1. The minimum Gasteiger partial charge on any atom is -0.493 e. The summed E-state index contributed by atoms with van der Waals surface area (Å²) in [7, 11) is 0. The highest BCUT2D eigenvalue weighted by Gasteiger charge is 2.31. The lowest BCUT2D eigenvalue weighted by Crippen LogP contribution is -2.30. The number of unbranched alkanes of at least 4 members (excludes halogenated alkanes) is 1. The van der Waals surface area contributed by atoms with Gasteiger partial charge in [0.05, 0.1) is 23.7 Å². The molecule has 5 heteroatoms. The highest BCUT2D eigenvalue weighted by molar-refractivity contribution is 5.77. The molecule has 1 aromatic heterocycles. The maximum absolute atomic E-state index is 12.1. The van der Waals surface area contributed by atoms with Crippen molar-refractivity contribution in [1.82, 2.24) is 14.5 Å². The second-order valence-electron chi connectivity index (χ2n) is 7.80. The second-order valence-corrected chi connectivity index (χ2v) is 7.80. The molecule has 0 spiro atoms. The van der Waals surface area contributed by atoms with Gasteiger partial charge in [-0.1, -0.05) is 30.3 Å². The van der Waals surface area contributed by atoms with Crippen molar-refractivity contribution < 1.29 is 9.53 Å². The quantitative estimate of drug-likeness (QED) is 0.539. The minimum atomic E-state index is 0.0862. The van der Waals surface area contributed by atoms with Crippen molar-refractivity contribution >= 4 is 16.9 Å². The van der Waals surface area contributed by atoms with Gasteiger partial charge in [-0.05, 0) is 56.4 Å². The van der Waals surface area contributed by atoms with E-state index in [1.165, 1.54) is 5.56 Å². The Kier molecular flexibility index (Phi) is 5.84. The molecule has 29 heavy (non-hydrogen) atoms. The summed E-state index contributed by atoms with van der Waals surface area (Å²) in [4.78, 5) is 19.0. The smallest absolute Gasteiger partial charge is 0.220 e. The fraction of sp³-hybridized carbons (Fsp3) is 0.417. The molecule has 1 saturated heterocycles. The third-order valence-electron chi connectivity index (χ3n) is 5.77. The molecule has 0 bridgehead atoms. The number of amides is 1. The predicted octanol–water partition coefficient (Wildman–Crippen LogP) is 4.89. The van der Waals surface area contributed by atoms with Crippen LogP contribution in [-0.2, 0) is 11.3 Å². The van der Waals surface area contributed by atoms with Crippen molar-refractivity contribution in [2.24, 2.45) is 0 Å². The van der Waals surface area contributed by atoms with E-state index in [1.54, 1.807) is 6.92 Å². The van der Waals surface area contributed by atoms with Crippen molar-refractivity contribution in [1.29, 1.82) is 0 Å². The number of carbonyl (C=O) groups is 1. The standard InChI is InChI=1S/C24H29N3O2/c1-18-10-3-6-14-23(18)29-17-8-7-15-27-21-12-5-4-11-20(21)25-24(27)22-13-9-16-26(22)19(2)28/h3-6,10-12,14,22H,7-9,13,15-17H2,1-2H3/t22-/m1/s1. The number of likely N-dealkylation sites (tertiary alicyclic amines) is 1. The summed E-state index contributed by atoms with van der Waals surface area (Å²) in [5.41, 5.74) is 3.33. The van der Waals surface area contributed by atoms with Gasteiger partial charge in [0.1, 0.15) is 11.6 Å². The predicted molar refractivity (Wildman–Crippen MR) is 115 cm³/mol. The molecular formula is C24H29N3O2. The molecule has 1 aliphatic heterocycles. The summed E-state index contributed by atoms with van der Waals surface area (Å²) in [6, 6.07) is 16.5. The first kappa shape index (κ1) is 19.5. The van der Waals surface area contributed by atoms with E-state index in [1.807, 2.05) is 29.2 Å². The van der Waals surface area contributed by atoms with Crippen LogP contribution in [0.4, 0.5) is 0 Å². The normalized spacial score (nSPS) is 16.5. The van der Waals surface area contributed by atoms with Gasteiger partial charge in [-0.3, -0.25) is 4.79 Å². The van der Waals surface area contributed by atoms with Crippen LogP contribution in [-0.4, -0.2) is 33.5 Å². The highest BCUT2D eigenvalue weighted by Crippen LogP contribution is 2.33. The molecule has 5 nitrogen and oxygen atoms in total. The highest BCUT2D eigenvalue weighted by atomic mass is 16.5. The van der Waals surface area contributed by atoms with E-state index in [2.05, 4.69) is 35.8 Å². The van der Waals surface area contributed by atoms with Gasteiger partial charge in [0, 0.05) is 20.0 Å². The first-order valence-corrected chi connectivity index (χ1v) is 10.6. The van der Waals surface area contributed by atoms with Gasteiger partial charge in [0.25, 0.3) is 0 Å². The lowest BCUT2D eigenvalue weighted by atomic mass is 10.2. The lowest BCUT2D eigenvalue weighted by Gasteiger charge is -2.24. The van der Waals surface area contributed by atoms with Crippen LogP contribution < -0.4 is 4.74 Å². The Morgan fingerprint density at radius 2 is 1.93 bits per heavy atom. The maximum atomic E-state index is 12.1. The van der Waals surface area contributed by atoms with Gasteiger partial charge < -0.3 is 14.2 Å². The molecule has 2 heterocycles. The fourth-order valence-corrected chi connectivity index (χ4v) is 4.27. The molecule has 0 unspecified atom stereocenters. The zero-order valence-corrected chi connectivity index (χ0v) is 17.3. The van der Waals surface area contributed by atoms with Gasteiger partial charge >= 0.3 is 0 Å². The Morgan fingerprint density at radius 3 is 2.76 bits per heavy atom. The Balaban J connectivity index is 1.46. The van der Waals surface area contributed by atoms with E-state index in [9.17, 15) is 4.79 Å². The maximum Gasteiger partial charge on any atom is 0.220 e. The van der Waals surface area contributed by atoms with Gasteiger partial charge in [0.2, 0.25) is 5.91 Å². The average Bonchev–Trinajstić information content (AvgIpc) is 3.34. The number of benzene rings is 2. The topological polar surface area (TPSA) is 47.4 Å². The molecule has 1 atom stereocenters. The molecule has 0 saturated carbocycles. The summed E-state index contributed by atoms with van der Waals surface area (Å²) in [6.45, 7) is 6.15. The molecule has 4 rings (SSSR count). The first-order valence-electron chi connectivity index (χ1n) is 10.6. The Hall–Kier alpha value is -2.82. The lowest BCUT2D eigenvalue weighted by molar-refractivity contribution is -0.129. The number of ether oxygens (including phenoxy) is 1. The monoisotopic (exact) mass is 391 g/mol. The Labute approximate surface area is 172 Å². The number of hydrogen-bond donors (Lipinski definition) is 0. The fourth-order valence-electron chi connectivity index (χ4n) is 4.27. The van der Waals surface area contributed by atoms with E-state index in [-0.39, 0.29) is 11.9 Å². The van der Waals surface area contributed by atoms with Crippen molar-refractivity contribution in [3.8, 4) is 5.75 Å². The summed E-state index contributed by atoms with van der Waals surface area (Å²) in [5.74, 6) is 2.13. The van der Waals surface area contributed by atoms with Crippen LogP contribution in [0.2, 0.25) is 0 Å². The third kappa shape index (κ3) is 4.14. The van der Waals surface area contributed by atoms with Crippen molar-refractivity contribution in [2.45, 2.75) is 52.1 Å². The number of aromatic nitrogens is 2. The van der Waals surface area contributed by atoms with E-state index >= 15 is 0 Å². The van der Waals surface area contributed by atoms with Crippen LogP contribution in [0.15, 0.2) is 48.5 Å². The molecule has 2 aromatic carbocycles. The zero-order valence-electron chi connectivity index (χ0n) is 17.3. The van der Waals surface area contributed by atoms with Crippen LogP contribution in [0.5, 0.6) is 5.75 Å². The van der Waals surface area contributed by atoms with Crippen LogP contribution >= 0.6 is 0 Å². The van der Waals surface area contributed by atoms with E-state index in [4.69, 9.17) is 9.72 Å². The van der Waals surface area contributed by atoms with E-state index in [0.717, 1.165) is 61.4 Å². The summed E-state index contributed by atoms with van der Waals surface area (Å²) in [5, 5.41) is 0. The number of fused-ring (bicyclic) bond motifs is 1. The van der Waals surface area contributed by atoms with Crippen molar-refractivity contribution in [2.75, 3.05) is 13.2 Å². The summed E-state index contributed by atoms with van der Waals surface area (Å²) < 4.78 is 8.26. The van der Waals surface area contributed by atoms with Crippen LogP contribution in [0.1, 0.15) is 50.0 Å². The third-order valence-corrected chi connectivity index (χ3v) is 5.77. The Morgan fingerprint density at radius 1 is 1.14 bits per heavy atom. The molecule has 3 aromatic rings. The number of aryl methyl sites for hydroxylation is 2. The number of nitrogens with zero attached hydrogens (tertiary/aromatic N) is 3. The van der Waals surface area contributed by atoms with Crippen molar-refractivity contribution in [3.05, 3.63) is 59.9 Å². The summed E-state index contributed by atoms with van der Waals surface area (Å²) in [6.07, 6.45) is 4.00. The molecule has 1 fully saturated rings. The second kappa shape index (κ2) is 8.68. The van der Waals surface area contributed by atoms with Crippen LogP contribution in [0.3, 0.4) is 0 Å². The molecule has 152 valence electrons. The Bertz CT molecular complexity index is 995. The van der Waals surface area contributed by atoms with Gasteiger partial charge in [-0.25, -0.2) is 4.98 Å². The molecule has 0 aliphatic carbocycles. The first-order chi connectivity index (χ1) is 14.1. The van der Waals surface area contributed by atoms with Crippen LogP contribution in [0.25, 0.3) is 11.0 Å². The van der Waals surface area contributed by atoms with E-state index in [0.29, 0.717) is 6.61 Å². The van der Waals surface area contributed by atoms with Crippen molar-refractivity contribution in [3.63, 3.8) is 0 Å². The molecule has 0 N–H and O–H groups in total. The molecule has 1 amide bonds. The average molecular weight is 392 g/mol. The largest absolute Gasteiger partial charge is 0.493 e. The van der Waals surface area contributed by atoms with Gasteiger partial charge in [-0.15, -0.1) is 0 Å². The van der Waals surface area contributed by atoms with Gasteiger partial charge in [0.15, 0.2) is 0 Å². The number of imidazole rings is 1. The minimum absolute atomic E-state index is 0.0862. The molecular weight excluding hydrogens is 362 g/mol. The number of hydrogen-bond acceptors (Lipinski definition) is 3. The molecule has 0 radical (unpaired) electrons.